The van der Waals surface area contributed by atoms with Gasteiger partial charge in [-0.3, -0.25) is 9.80 Å². The molecule has 128 valence electrons. The van der Waals surface area contributed by atoms with Crippen molar-refractivity contribution >= 4 is 15.9 Å². The van der Waals surface area contributed by atoms with Gasteiger partial charge in [-0.05, 0) is 24.1 Å². The lowest BCUT2D eigenvalue weighted by Gasteiger charge is -2.32. The minimum atomic E-state index is 0.716. The highest BCUT2D eigenvalue weighted by molar-refractivity contribution is 9.10. The van der Waals surface area contributed by atoms with Crippen molar-refractivity contribution in [1.29, 1.82) is 0 Å². The molecular weight excluding hydrogens is 366 g/mol. The summed E-state index contributed by atoms with van der Waals surface area (Å²) in [5.41, 5.74) is 2.27. The molecule has 2 aliphatic heterocycles. The highest BCUT2D eigenvalue weighted by Crippen LogP contribution is 2.22. The minimum Gasteiger partial charge on any atom is -0.341 e. The van der Waals surface area contributed by atoms with Crippen molar-refractivity contribution in [1.82, 2.24) is 25.1 Å². The van der Waals surface area contributed by atoms with Crippen LogP contribution in [-0.4, -0.2) is 65.1 Å². The Kier molecular flexibility index (Phi) is 4.98. The predicted octanol–water partition coefficient (Wildman–Crippen LogP) is 2.32. The van der Waals surface area contributed by atoms with E-state index in [-0.39, 0.29) is 0 Å². The van der Waals surface area contributed by atoms with Gasteiger partial charge in [0.2, 0.25) is 0 Å². The van der Waals surface area contributed by atoms with Crippen LogP contribution in [0.15, 0.2) is 34.9 Å². The molecule has 1 unspecified atom stereocenters. The largest absolute Gasteiger partial charge is 0.341 e. The third kappa shape index (κ3) is 3.72. The third-order valence-corrected chi connectivity index (χ3v) is 5.60. The minimum absolute atomic E-state index is 0.716. The molecule has 5 nitrogen and oxygen atoms in total. The monoisotopic (exact) mass is 389 g/mol. The molecule has 1 atom stereocenters. The maximum Gasteiger partial charge on any atom is 0.120 e. The molecule has 2 aliphatic rings. The van der Waals surface area contributed by atoms with Crippen LogP contribution in [-0.2, 0) is 6.54 Å². The lowest BCUT2D eigenvalue weighted by molar-refractivity contribution is 0.170. The molecule has 4 rings (SSSR count). The van der Waals surface area contributed by atoms with Crippen molar-refractivity contribution < 1.29 is 0 Å². The van der Waals surface area contributed by atoms with E-state index in [0.29, 0.717) is 6.04 Å². The molecule has 0 aliphatic carbocycles. The quantitative estimate of drug-likeness (QED) is 0.842. The van der Waals surface area contributed by atoms with Gasteiger partial charge in [-0.15, -0.1) is 0 Å². The molecule has 1 aromatic carbocycles. The number of piperazine rings is 1. The number of halogens is 1. The maximum atomic E-state index is 4.58. The molecule has 2 saturated heterocycles. The second-order valence-corrected chi connectivity index (χ2v) is 7.63. The lowest BCUT2D eigenvalue weighted by atomic mass is 10.2. The van der Waals surface area contributed by atoms with Crippen LogP contribution >= 0.6 is 15.9 Å². The van der Waals surface area contributed by atoms with Gasteiger partial charge in [-0.25, -0.2) is 4.98 Å². The van der Waals surface area contributed by atoms with Crippen molar-refractivity contribution in [3.63, 3.8) is 0 Å². The molecule has 24 heavy (non-hydrogen) atoms. The summed E-state index contributed by atoms with van der Waals surface area (Å²) in [5.74, 6) is 1.06. The number of aromatic nitrogens is 2. The van der Waals surface area contributed by atoms with E-state index in [1.807, 2.05) is 6.20 Å². The van der Waals surface area contributed by atoms with Gasteiger partial charge in [-0.2, -0.15) is 0 Å². The van der Waals surface area contributed by atoms with E-state index >= 15 is 0 Å². The van der Waals surface area contributed by atoms with Crippen molar-refractivity contribution in [2.45, 2.75) is 19.0 Å². The van der Waals surface area contributed by atoms with Gasteiger partial charge in [0.1, 0.15) is 5.82 Å². The Morgan fingerprint density at radius 2 is 1.92 bits per heavy atom. The van der Waals surface area contributed by atoms with E-state index in [4.69, 9.17) is 0 Å². The average Bonchev–Trinajstić information content (AvgIpc) is 3.27. The molecule has 6 heteroatoms. The highest BCUT2D eigenvalue weighted by atomic mass is 79.9. The van der Waals surface area contributed by atoms with Crippen LogP contribution in [0.1, 0.15) is 12.2 Å². The topological polar surface area (TPSA) is 47.2 Å². The number of rotatable bonds is 4. The SMILES string of the molecule is Brc1ccc(-c2cnc(CN3CCC(N4CCNCC4)C3)[nH]2)cc1. The van der Waals surface area contributed by atoms with Crippen LogP contribution in [0, 0.1) is 0 Å². The molecule has 0 radical (unpaired) electrons. The zero-order chi connectivity index (χ0) is 16.4. The lowest BCUT2D eigenvalue weighted by Crippen LogP contribution is -2.49. The molecule has 0 saturated carbocycles. The van der Waals surface area contributed by atoms with Crippen molar-refractivity contribution in [3.8, 4) is 11.3 Å². The third-order valence-electron chi connectivity index (χ3n) is 5.07. The first-order chi connectivity index (χ1) is 11.8. The van der Waals surface area contributed by atoms with Gasteiger partial charge in [0.05, 0.1) is 18.4 Å². The summed E-state index contributed by atoms with van der Waals surface area (Å²) in [6.07, 6.45) is 3.22. The van der Waals surface area contributed by atoms with Crippen LogP contribution in [0.3, 0.4) is 0 Å². The summed E-state index contributed by atoms with van der Waals surface area (Å²) in [6, 6.07) is 9.06. The summed E-state index contributed by atoms with van der Waals surface area (Å²) in [4.78, 5) is 13.2. The summed E-state index contributed by atoms with van der Waals surface area (Å²) in [7, 11) is 0. The van der Waals surface area contributed by atoms with E-state index in [9.17, 15) is 0 Å². The van der Waals surface area contributed by atoms with Gasteiger partial charge in [-0.1, -0.05) is 28.1 Å². The smallest absolute Gasteiger partial charge is 0.120 e. The molecule has 1 aromatic heterocycles. The fourth-order valence-electron chi connectivity index (χ4n) is 3.73. The van der Waals surface area contributed by atoms with Crippen LogP contribution in [0.2, 0.25) is 0 Å². The Labute approximate surface area is 151 Å². The number of aromatic amines is 1. The Morgan fingerprint density at radius 1 is 1.12 bits per heavy atom. The number of nitrogens with one attached hydrogen (secondary N) is 2. The summed E-state index contributed by atoms with van der Waals surface area (Å²) in [6.45, 7) is 7.88. The van der Waals surface area contributed by atoms with Gasteiger partial charge >= 0.3 is 0 Å². The van der Waals surface area contributed by atoms with Crippen LogP contribution in [0.25, 0.3) is 11.3 Å². The second-order valence-electron chi connectivity index (χ2n) is 6.71. The highest BCUT2D eigenvalue weighted by Gasteiger charge is 2.28. The fourth-order valence-corrected chi connectivity index (χ4v) is 4.00. The Morgan fingerprint density at radius 3 is 2.71 bits per heavy atom. The maximum absolute atomic E-state index is 4.58. The summed E-state index contributed by atoms with van der Waals surface area (Å²) >= 11 is 3.48. The van der Waals surface area contributed by atoms with Crippen LogP contribution in [0.4, 0.5) is 0 Å². The van der Waals surface area contributed by atoms with Crippen molar-refractivity contribution in [3.05, 3.63) is 40.8 Å². The number of likely N-dealkylation sites (tertiary alicyclic amines) is 1. The standard InChI is InChI=1S/C18H24BrN5/c19-15-3-1-14(2-4-15)17-11-21-18(22-17)13-23-8-5-16(12-23)24-9-6-20-7-10-24/h1-4,11,16,20H,5-10,12-13H2,(H,21,22). The molecule has 2 aromatic rings. The van der Waals surface area contributed by atoms with E-state index in [1.165, 1.54) is 31.6 Å². The Balaban J connectivity index is 1.35. The van der Waals surface area contributed by atoms with E-state index in [2.05, 4.69) is 65.3 Å². The first-order valence-corrected chi connectivity index (χ1v) is 9.54. The van der Waals surface area contributed by atoms with E-state index in [1.54, 1.807) is 0 Å². The zero-order valence-corrected chi connectivity index (χ0v) is 15.4. The number of nitrogens with zero attached hydrogens (tertiary/aromatic N) is 3. The number of H-pyrrole nitrogens is 1. The van der Waals surface area contributed by atoms with E-state index in [0.717, 1.165) is 42.2 Å². The molecular formula is C18H24BrN5. The van der Waals surface area contributed by atoms with Crippen molar-refractivity contribution in [2.75, 3.05) is 39.3 Å². The Hall–Kier alpha value is -1.21. The average molecular weight is 390 g/mol. The van der Waals surface area contributed by atoms with Gasteiger partial charge in [0, 0.05) is 49.8 Å². The first kappa shape index (κ1) is 16.3. The van der Waals surface area contributed by atoms with Gasteiger partial charge < -0.3 is 10.3 Å². The normalized spacial score (nSPS) is 23.0. The Bertz CT molecular complexity index is 662. The molecule has 0 amide bonds. The summed E-state index contributed by atoms with van der Waals surface area (Å²) < 4.78 is 1.10. The number of hydrogen-bond acceptors (Lipinski definition) is 4. The number of benzene rings is 1. The number of imidazole rings is 1. The first-order valence-electron chi connectivity index (χ1n) is 8.75. The van der Waals surface area contributed by atoms with E-state index < -0.39 is 0 Å². The number of hydrogen-bond donors (Lipinski definition) is 2. The predicted molar refractivity (Wildman–Crippen MR) is 99.8 cm³/mol. The fraction of sp³-hybridized carbons (Fsp3) is 0.500. The van der Waals surface area contributed by atoms with Crippen LogP contribution in [0.5, 0.6) is 0 Å². The van der Waals surface area contributed by atoms with Gasteiger partial charge in [0.25, 0.3) is 0 Å². The zero-order valence-electron chi connectivity index (χ0n) is 13.8. The van der Waals surface area contributed by atoms with Crippen LogP contribution < -0.4 is 5.32 Å². The molecule has 0 spiro atoms. The van der Waals surface area contributed by atoms with Crippen molar-refractivity contribution in [2.24, 2.45) is 0 Å². The van der Waals surface area contributed by atoms with Gasteiger partial charge in [0.15, 0.2) is 0 Å². The molecule has 2 fully saturated rings. The molecule has 2 N–H and O–H groups in total. The molecule has 0 bridgehead atoms. The second kappa shape index (κ2) is 7.35. The molecule has 3 heterocycles. The summed E-state index contributed by atoms with van der Waals surface area (Å²) in [5, 5.41) is 3.44.